The van der Waals surface area contributed by atoms with Crippen LogP contribution in [0.4, 0.5) is 8.78 Å². The molecule has 1 N–H and O–H groups in total. The van der Waals surface area contributed by atoms with E-state index in [0.29, 0.717) is 5.75 Å². The van der Waals surface area contributed by atoms with E-state index in [-0.39, 0.29) is 12.2 Å². The van der Waals surface area contributed by atoms with E-state index >= 15 is 0 Å². The summed E-state index contributed by atoms with van der Waals surface area (Å²) in [4.78, 5) is 0. The summed E-state index contributed by atoms with van der Waals surface area (Å²) in [6.45, 7) is 4.94. The Bertz CT molecular complexity index is 881. The average Bonchev–Trinajstić information content (AvgIpc) is 2.57. The van der Waals surface area contributed by atoms with E-state index in [0.717, 1.165) is 23.3 Å². The first kappa shape index (κ1) is 20.3. The maximum absolute atomic E-state index is 13.3. The van der Waals surface area contributed by atoms with Gasteiger partial charge in [-0.2, -0.15) is 0 Å². The molecule has 2 aromatic rings. The number of aliphatic hydroxyl groups excluding tert-OH is 1. The molecule has 7 heteroatoms. The van der Waals surface area contributed by atoms with Gasteiger partial charge in [0.2, 0.25) is 0 Å². The molecule has 0 fully saturated rings. The van der Waals surface area contributed by atoms with Crippen LogP contribution in [-0.2, 0) is 9.84 Å². The van der Waals surface area contributed by atoms with Gasteiger partial charge >= 0.3 is 0 Å². The third kappa shape index (κ3) is 5.02. The van der Waals surface area contributed by atoms with Crippen molar-refractivity contribution in [1.82, 2.24) is 0 Å². The predicted molar refractivity (Wildman–Crippen MR) is 96.0 cm³/mol. The quantitative estimate of drug-likeness (QED) is 0.794. The molecule has 0 spiro atoms. The lowest BCUT2D eigenvalue weighted by Gasteiger charge is -2.18. The summed E-state index contributed by atoms with van der Waals surface area (Å²) in [5.41, 5.74) is 1.99. The van der Waals surface area contributed by atoms with Crippen molar-refractivity contribution in [3.8, 4) is 5.75 Å². The highest BCUT2D eigenvalue weighted by atomic mass is 32.2. The fourth-order valence-corrected chi connectivity index (χ4v) is 3.96. The zero-order chi connectivity index (χ0) is 19.5. The molecular weight excluding hydrogens is 362 g/mol. The van der Waals surface area contributed by atoms with E-state index in [1.165, 1.54) is 13.0 Å². The Kier molecular flexibility index (Phi) is 6.36. The highest BCUT2D eigenvalue weighted by molar-refractivity contribution is 7.91. The number of ether oxygens (including phenoxy) is 1. The van der Waals surface area contributed by atoms with Crippen LogP contribution in [0, 0.1) is 25.5 Å². The van der Waals surface area contributed by atoms with Gasteiger partial charge in [-0.1, -0.05) is 18.2 Å². The summed E-state index contributed by atoms with van der Waals surface area (Å²) in [7, 11) is -3.78. The summed E-state index contributed by atoms with van der Waals surface area (Å²) in [6.07, 6.45) is -1.24. The minimum Gasteiger partial charge on any atom is -0.491 e. The van der Waals surface area contributed by atoms with Gasteiger partial charge in [0, 0.05) is 0 Å². The second-order valence-electron chi connectivity index (χ2n) is 6.38. The van der Waals surface area contributed by atoms with Crippen molar-refractivity contribution in [1.29, 1.82) is 0 Å². The Balaban J connectivity index is 2.03. The fourth-order valence-electron chi connectivity index (χ4n) is 2.48. The minimum atomic E-state index is -3.78. The first-order chi connectivity index (χ1) is 12.1. The molecule has 142 valence electrons. The maximum Gasteiger partial charge on any atom is 0.159 e. The second-order valence-corrected chi connectivity index (χ2v) is 8.75. The lowest BCUT2D eigenvalue weighted by Crippen LogP contribution is -2.29. The number of halogens is 2. The van der Waals surface area contributed by atoms with Crippen LogP contribution in [0.1, 0.15) is 28.9 Å². The monoisotopic (exact) mass is 384 g/mol. The molecule has 0 radical (unpaired) electrons. The molecular formula is C19H22F2O4S. The smallest absolute Gasteiger partial charge is 0.159 e. The van der Waals surface area contributed by atoms with Gasteiger partial charge < -0.3 is 9.84 Å². The van der Waals surface area contributed by atoms with Crippen molar-refractivity contribution in [2.75, 3.05) is 12.4 Å². The van der Waals surface area contributed by atoms with Crippen molar-refractivity contribution in [3.63, 3.8) is 0 Å². The summed E-state index contributed by atoms with van der Waals surface area (Å²) in [5, 5.41) is 8.99. The van der Waals surface area contributed by atoms with Gasteiger partial charge in [-0.3, -0.25) is 0 Å². The Morgan fingerprint density at radius 3 is 2.42 bits per heavy atom. The molecule has 0 bridgehead atoms. The number of hydrogen-bond donors (Lipinski definition) is 1. The van der Waals surface area contributed by atoms with Crippen molar-refractivity contribution in [2.45, 2.75) is 32.1 Å². The predicted octanol–water partition coefficient (Wildman–Crippen LogP) is 3.50. The van der Waals surface area contributed by atoms with Gasteiger partial charge in [0.25, 0.3) is 0 Å². The standard InChI is InChI=1S/C19H22F2O4S/c1-12-4-5-13(2)19(8-12)25-10-16(22)11-26(23,24)14(3)15-6-7-17(20)18(21)9-15/h4-9,14,16,22H,10-11H2,1-3H3. The SMILES string of the molecule is Cc1ccc(C)c(OCC(O)CS(=O)(=O)C(C)c2ccc(F)c(F)c2)c1. The summed E-state index contributed by atoms with van der Waals surface area (Å²) >= 11 is 0. The van der Waals surface area contributed by atoms with E-state index in [9.17, 15) is 22.3 Å². The van der Waals surface area contributed by atoms with Crippen LogP contribution in [0.2, 0.25) is 0 Å². The van der Waals surface area contributed by atoms with E-state index in [1.807, 2.05) is 26.0 Å². The van der Waals surface area contributed by atoms with Crippen molar-refractivity contribution in [3.05, 3.63) is 64.7 Å². The van der Waals surface area contributed by atoms with Crippen molar-refractivity contribution < 1.29 is 27.0 Å². The molecule has 0 aromatic heterocycles. The molecule has 0 heterocycles. The topological polar surface area (TPSA) is 63.6 Å². The van der Waals surface area contributed by atoms with Gasteiger partial charge in [0.15, 0.2) is 21.5 Å². The van der Waals surface area contributed by atoms with Crippen molar-refractivity contribution >= 4 is 9.84 Å². The Morgan fingerprint density at radius 2 is 1.77 bits per heavy atom. The highest BCUT2D eigenvalue weighted by Crippen LogP contribution is 2.25. The summed E-state index contributed by atoms with van der Waals surface area (Å²) in [5.74, 6) is -2.11. The number of hydrogen-bond acceptors (Lipinski definition) is 4. The van der Waals surface area contributed by atoms with E-state index in [2.05, 4.69) is 0 Å². The van der Waals surface area contributed by atoms with E-state index in [4.69, 9.17) is 4.74 Å². The number of rotatable bonds is 7. The average molecular weight is 384 g/mol. The van der Waals surface area contributed by atoms with Gasteiger partial charge in [-0.15, -0.1) is 0 Å². The lowest BCUT2D eigenvalue weighted by atomic mass is 10.1. The van der Waals surface area contributed by atoms with Crippen LogP contribution in [0.3, 0.4) is 0 Å². The molecule has 4 nitrogen and oxygen atoms in total. The molecule has 0 aliphatic rings. The molecule has 2 atom stereocenters. The van der Waals surface area contributed by atoms with Gasteiger partial charge in [-0.05, 0) is 55.7 Å². The fraction of sp³-hybridized carbons (Fsp3) is 0.368. The highest BCUT2D eigenvalue weighted by Gasteiger charge is 2.27. The van der Waals surface area contributed by atoms with Crippen LogP contribution in [-0.4, -0.2) is 32.0 Å². The zero-order valence-electron chi connectivity index (χ0n) is 14.9. The van der Waals surface area contributed by atoms with Crippen LogP contribution < -0.4 is 4.74 Å². The van der Waals surface area contributed by atoms with Crippen LogP contribution >= 0.6 is 0 Å². The minimum absolute atomic E-state index is 0.131. The molecule has 0 saturated heterocycles. The van der Waals surface area contributed by atoms with E-state index in [1.54, 1.807) is 6.07 Å². The third-order valence-corrected chi connectivity index (χ3v) is 6.35. The number of aryl methyl sites for hydroxylation is 2. The summed E-state index contributed by atoms with van der Waals surface area (Å²) < 4.78 is 56.7. The molecule has 0 amide bonds. The van der Waals surface area contributed by atoms with Crippen molar-refractivity contribution in [2.24, 2.45) is 0 Å². The Morgan fingerprint density at radius 1 is 1.08 bits per heavy atom. The maximum atomic E-state index is 13.3. The third-order valence-electron chi connectivity index (χ3n) is 4.15. The van der Waals surface area contributed by atoms with Gasteiger partial charge in [-0.25, -0.2) is 17.2 Å². The molecule has 26 heavy (non-hydrogen) atoms. The normalized spacial score (nSPS) is 14.1. The molecule has 2 unspecified atom stereocenters. The molecule has 0 aliphatic carbocycles. The second kappa shape index (κ2) is 8.14. The summed E-state index contributed by atoms with van der Waals surface area (Å²) in [6, 6.07) is 8.57. The number of aliphatic hydroxyl groups is 1. The molecule has 2 rings (SSSR count). The van der Waals surface area contributed by atoms with Crippen LogP contribution in [0.5, 0.6) is 5.75 Å². The number of benzene rings is 2. The zero-order valence-corrected chi connectivity index (χ0v) is 15.7. The molecule has 2 aromatic carbocycles. The van der Waals surface area contributed by atoms with E-state index < -0.39 is 38.6 Å². The first-order valence-electron chi connectivity index (χ1n) is 8.15. The van der Waals surface area contributed by atoms with Crippen LogP contribution in [0.25, 0.3) is 0 Å². The van der Waals surface area contributed by atoms with Gasteiger partial charge in [0.05, 0.1) is 11.0 Å². The Hall–Kier alpha value is -1.99. The van der Waals surface area contributed by atoms with Gasteiger partial charge in [0.1, 0.15) is 18.5 Å². The largest absolute Gasteiger partial charge is 0.491 e. The Labute approximate surface area is 152 Å². The van der Waals surface area contributed by atoms with Crippen LogP contribution in [0.15, 0.2) is 36.4 Å². The number of sulfone groups is 1. The lowest BCUT2D eigenvalue weighted by molar-refractivity contribution is 0.124. The molecule has 0 aliphatic heterocycles. The molecule has 0 saturated carbocycles. The first-order valence-corrected chi connectivity index (χ1v) is 9.86.